The topological polar surface area (TPSA) is 59.7 Å². The lowest BCUT2D eigenvalue weighted by atomic mass is 10.2. The molecule has 2 heterocycles. The number of ether oxygens (including phenoxy) is 1. The fourth-order valence-corrected chi connectivity index (χ4v) is 2.72. The molecular formula is C17H19N3O3. The first-order valence-corrected chi connectivity index (χ1v) is 7.54. The Morgan fingerprint density at radius 3 is 2.43 bits per heavy atom. The van der Waals surface area contributed by atoms with E-state index >= 15 is 0 Å². The first kappa shape index (κ1) is 15.1. The zero-order valence-corrected chi connectivity index (χ0v) is 13.0. The van der Waals surface area contributed by atoms with Gasteiger partial charge in [-0.25, -0.2) is 0 Å². The molecule has 0 unspecified atom stereocenters. The molecule has 23 heavy (non-hydrogen) atoms. The number of aromatic nitrogens is 1. The van der Waals surface area contributed by atoms with E-state index in [0.717, 1.165) is 24.5 Å². The summed E-state index contributed by atoms with van der Waals surface area (Å²) >= 11 is 0. The second-order valence-electron chi connectivity index (χ2n) is 5.43. The van der Waals surface area contributed by atoms with Crippen LogP contribution in [-0.4, -0.2) is 44.1 Å². The number of anilines is 1. The molecule has 1 aliphatic heterocycles. The number of carbonyl (C=O) groups is 1. The Hall–Kier alpha value is -2.76. The summed E-state index contributed by atoms with van der Waals surface area (Å²) in [6, 6.07) is 11.2. The summed E-state index contributed by atoms with van der Waals surface area (Å²) in [7, 11) is 1.65. The first-order valence-electron chi connectivity index (χ1n) is 7.54. The lowest BCUT2D eigenvalue weighted by molar-refractivity contribution is -0.605. The first-order chi connectivity index (χ1) is 11.2. The van der Waals surface area contributed by atoms with Gasteiger partial charge in [0, 0.05) is 37.9 Å². The van der Waals surface area contributed by atoms with Gasteiger partial charge in [0.2, 0.25) is 0 Å². The largest absolute Gasteiger partial charge is 0.619 e. The minimum atomic E-state index is -0.0930. The third-order valence-electron chi connectivity index (χ3n) is 4.03. The number of nitrogens with zero attached hydrogens (tertiary/aromatic N) is 3. The molecular weight excluding hydrogens is 294 g/mol. The zero-order chi connectivity index (χ0) is 16.2. The summed E-state index contributed by atoms with van der Waals surface area (Å²) in [5.74, 6) is 0.738. The maximum Gasteiger partial charge on any atom is 0.260 e. The van der Waals surface area contributed by atoms with Gasteiger partial charge in [-0.05, 0) is 30.3 Å². The number of pyridine rings is 1. The van der Waals surface area contributed by atoms with Crippen LogP contribution in [0.3, 0.4) is 0 Å². The molecule has 1 aromatic heterocycles. The van der Waals surface area contributed by atoms with Gasteiger partial charge in [-0.15, -0.1) is 0 Å². The SMILES string of the molecule is COc1ccc(N2CCN(C(=O)c3ccc[n+]([O-])c3)CC2)cc1. The molecule has 3 rings (SSSR count). The smallest absolute Gasteiger partial charge is 0.260 e. The highest BCUT2D eigenvalue weighted by molar-refractivity contribution is 5.93. The molecule has 0 N–H and O–H groups in total. The van der Waals surface area contributed by atoms with E-state index in [0.29, 0.717) is 23.4 Å². The van der Waals surface area contributed by atoms with E-state index in [4.69, 9.17) is 4.74 Å². The standard InChI is InChI=1S/C17H19N3O3/c1-23-16-6-4-15(5-7-16)18-9-11-19(12-10-18)17(21)14-3-2-8-20(22)13-14/h2-8,13H,9-12H2,1H3. The average Bonchev–Trinajstić information content (AvgIpc) is 2.61. The Balaban J connectivity index is 1.62. The molecule has 0 radical (unpaired) electrons. The van der Waals surface area contributed by atoms with E-state index in [1.807, 2.05) is 24.3 Å². The number of hydrogen-bond donors (Lipinski definition) is 0. The molecule has 0 spiro atoms. The van der Waals surface area contributed by atoms with Gasteiger partial charge in [-0.1, -0.05) is 0 Å². The van der Waals surface area contributed by atoms with E-state index in [1.54, 1.807) is 24.1 Å². The number of carbonyl (C=O) groups excluding carboxylic acids is 1. The van der Waals surface area contributed by atoms with Crippen molar-refractivity contribution in [3.8, 4) is 5.75 Å². The van der Waals surface area contributed by atoms with Crippen molar-refractivity contribution in [2.75, 3.05) is 38.2 Å². The molecule has 1 amide bonds. The van der Waals surface area contributed by atoms with Crippen molar-refractivity contribution in [2.24, 2.45) is 0 Å². The van der Waals surface area contributed by atoms with Crippen molar-refractivity contribution >= 4 is 11.6 Å². The Morgan fingerprint density at radius 2 is 1.83 bits per heavy atom. The van der Waals surface area contributed by atoms with Crippen LogP contribution < -0.4 is 14.4 Å². The van der Waals surface area contributed by atoms with Gasteiger partial charge in [0.1, 0.15) is 11.3 Å². The van der Waals surface area contributed by atoms with Crippen LogP contribution in [0.1, 0.15) is 10.4 Å². The van der Waals surface area contributed by atoms with Crippen molar-refractivity contribution in [1.82, 2.24) is 4.90 Å². The van der Waals surface area contributed by atoms with Gasteiger partial charge in [-0.3, -0.25) is 4.79 Å². The summed E-state index contributed by atoms with van der Waals surface area (Å²) in [5, 5.41) is 11.3. The summed E-state index contributed by atoms with van der Waals surface area (Å²) in [6.45, 7) is 2.81. The molecule has 1 fully saturated rings. The van der Waals surface area contributed by atoms with Crippen LogP contribution in [0.25, 0.3) is 0 Å². The summed E-state index contributed by atoms with van der Waals surface area (Å²) in [6.07, 6.45) is 2.69. The van der Waals surface area contributed by atoms with Crippen LogP contribution in [0, 0.1) is 5.21 Å². The number of rotatable bonds is 3. The van der Waals surface area contributed by atoms with Crippen molar-refractivity contribution in [2.45, 2.75) is 0 Å². The maximum atomic E-state index is 12.4. The quantitative estimate of drug-likeness (QED) is 0.633. The fourth-order valence-electron chi connectivity index (χ4n) is 2.72. The highest BCUT2D eigenvalue weighted by atomic mass is 16.5. The third kappa shape index (κ3) is 3.36. The van der Waals surface area contributed by atoms with E-state index in [-0.39, 0.29) is 5.91 Å². The number of benzene rings is 1. The van der Waals surface area contributed by atoms with Crippen LogP contribution in [0.5, 0.6) is 5.75 Å². The molecule has 0 atom stereocenters. The fraction of sp³-hybridized carbons (Fsp3) is 0.294. The van der Waals surface area contributed by atoms with Gasteiger partial charge in [0.05, 0.1) is 7.11 Å². The Bertz CT molecular complexity index is 680. The number of hydrogen-bond acceptors (Lipinski definition) is 4. The minimum absolute atomic E-state index is 0.0930. The molecule has 6 nitrogen and oxygen atoms in total. The summed E-state index contributed by atoms with van der Waals surface area (Å²) in [4.78, 5) is 16.4. The zero-order valence-electron chi connectivity index (χ0n) is 13.0. The number of piperazine rings is 1. The average molecular weight is 313 g/mol. The lowest BCUT2D eigenvalue weighted by Crippen LogP contribution is -2.49. The van der Waals surface area contributed by atoms with Crippen molar-refractivity contribution in [3.05, 3.63) is 59.6 Å². The van der Waals surface area contributed by atoms with Crippen molar-refractivity contribution < 1.29 is 14.3 Å². The van der Waals surface area contributed by atoms with E-state index in [9.17, 15) is 10.0 Å². The normalized spacial score (nSPS) is 14.7. The molecule has 120 valence electrons. The highest BCUT2D eigenvalue weighted by Gasteiger charge is 2.23. The lowest BCUT2D eigenvalue weighted by Gasteiger charge is -2.36. The van der Waals surface area contributed by atoms with Gasteiger partial charge in [0.15, 0.2) is 12.4 Å². The molecule has 0 bridgehead atoms. The monoisotopic (exact) mass is 313 g/mol. The van der Waals surface area contributed by atoms with Gasteiger partial charge in [0.25, 0.3) is 5.91 Å². The van der Waals surface area contributed by atoms with Gasteiger partial charge < -0.3 is 19.7 Å². The molecule has 1 saturated heterocycles. The van der Waals surface area contributed by atoms with Crippen LogP contribution in [-0.2, 0) is 0 Å². The van der Waals surface area contributed by atoms with Crippen molar-refractivity contribution in [1.29, 1.82) is 0 Å². The second kappa shape index (κ2) is 6.56. The van der Waals surface area contributed by atoms with E-state index < -0.39 is 0 Å². The Morgan fingerprint density at radius 1 is 1.13 bits per heavy atom. The predicted octanol–water partition coefficient (Wildman–Crippen LogP) is 1.29. The molecule has 0 saturated carbocycles. The van der Waals surface area contributed by atoms with Crippen LogP contribution in [0.4, 0.5) is 5.69 Å². The number of amides is 1. The summed E-state index contributed by atoms with van der Waals surface area (Å²) in [5.41, 5.74) is 1.55. The van der Waals surface area contributed by atoms with Crippen LogP contribution in [0.2, 0.25) is 0 Å². The molecule has 1 aliphatic rings. The van der Waals surface area contributed by atoms with Crippen LogP contribution >= 0.6 is 0 Å². The maximum absolute atomic E-state index is 12.4. The predicted molar refractivity (Wildman–Crippen MR) is 86.5 cm³/mol. The Labute approximate surface area is 135 Å². The van der Waals surface area contributed by atoms with Crippen LogP contribution in [0.15, 0.2) is 48.8 Å². The van der Waals surface area contributed by atoms with Gasteiger partial charge >= 0.3 is 0 Å². The molecule has 1 aromatic carbocycles. The Kier molecular flexibility index (Phi) is 4.32. The molecule has 2 aromatic rings. The third-order valence-corrected chi connectivity index (χ3v) is 4.03. The van der Waals surface area contributed by atoms with Gasteiger partial charge in [-0.2, -0.15) is 4.73 Å². The van der Waals surface area contributed by atoms with E-state index in [1.165, 1.54) is 12.4 Å². The second-order valence-corrected chi connectivity index (χ2v) is 5.43. The molecule has 0 aliphatic carbocycles. The van der Waals surface area contributed by atoms with E-state index in [2.05, 4.69) is 4.90 Å². The minimum Gasteiger partial charge on any atom is -0.619 e. The molecule has 6 heteroatoms. The highest BCUT2D eigenvalue weighted by Crippen LogP contribution is 2.20. The number of methoxy groups -OCH3 is 1. The summed E-state index contributed by atoms with van der Waals surface area (Å²) < 4.78 is 5.82. The van der Waals surface area contributed by atoms with Crippen molar-refractivity contribution in [3.63, 3.8) is 0 Å².